The van der Waals surface area contributed by atoms with Crippen LogP contribution in [0.15, 0.2) is 75.6 Å². The number of amides is 1. The maximum Gasteiger partial charge on any atom is 0.336 e. The Hall–Kier alpha value is -3.45. The summed E-state index contributed by atoms with van der Waals surface area (Å²) in [6.07, 6.45) is 0.862. The topological polar surface area (TPSA) is 73.1 Å². The van der Waals surface area contributed by atoms with Crippen molar-refractivity contribution in [3.8, 4) is 5.69 Å². The highest BCUT2D eigenvalue weighted by atomic mass is 32.1. The van der Waals surface area contributed by atoms with Crippen molar-refractivity contribution in [3.63, 3.8) is 0 Å². The Bertz CT molecular complexity index is 1300. The number of anilines is 1. The number of nitrogens with zero attached hydrogens (tertiary/aromatic N) is 2. The van der Waals surface area contributed by atoms with Crippen LogP contribution in [0.5, 0.6) is 0 Å². The minimum absolute atomic E-state index is 0.185. The van der Waals surface area contributed by atoms with Gasteiger partial charge < -0.3 is 5.32 Å². The minimum atomic E-state index is -0.537. The highest BCUT2D eigenvalue weighted by Gasteiger charge is 2.17. The molecule has 7 heteroatoms. The molecule has 0 saturated carbocycles. The molecule has 29 heavy (non-hydrogen) atoms. The van der Waals surface area contributed by atoms with Crippen LogP contribution in [0.3, 0.4) is 0 Å². The molecule has 0 aliphatic rings. The lowest BCUT2D eigenvalue weighted by atomic mass is 10.1. The van der Waals surface area contributed by atoms with Gasteiger partial charge in [0, 0.05) is 5.69 Å². The summed E-state index contributed by atoms with van der Waals surface area (Å²) in [6.45, 7) is 1.86. The number of carbonyl (C=O) groups excluding carboxylic acids is 1. The normalized spacial score (nSPS) is 10.9. The monoisotopic (exact) mass is 405 g/mol. The van der Waals surface area contributed by atoms with Gasteiger partial charge in [-0.25, -0.2) is 9.36 Å². The van der Waals surface area contributed by atoms with Crippen LogP contribution in [0.25, 0.3) is 15.9 Å². The van der Waals surface area contributed by atoms with E-state index >= 15 is 0 Å². The van der Waals surface area contributed by atoms with E-state index in [4.69, 9.17) is 0 Å². The summed E-state index contributed by atoms with van der Waals surface area (Å²) in [6, 6.07) is 18.0. The zero-order valence-corrected chi connectivity index (χ0v) is 16.6. The third-order valence-electron chi connectivity index (χ3n) is 4.69. The number of nitrogens with one attached hydrogen (secondary N) is 1. The molecule has 0 bridgehead atoms. The first kappa shape index (κ1) is 18.9. The van der Waals surface area contributed by atoms with Gasteiger partial charge in [-0.3, -0.25) is 14.2 Å². The predicted molar refractivity (Wildman–Crippen MR) is 116 cm³/mol. The molecule has 1 amide bonds. The number of benzene rings is 2. The Morgan fingerprint density at radius 2 is 1.83 bits per heavy atom. The smallest absolute Gasteiger partial charge is 0.325 e. The van der Waals surface area contributed by atoms with Gasteiger partial charge in [0.25, 0.3) is 5.56 Å². The summed E-state index contributed by atoms with van der Waals surface area (Å²) in [4.78, 5) is 38.7. The molecule has 1 N–H and O–H groups in total. The van der Waals surface area contributed by atoms with Crippen molar-refractivity contribution in [3.05, 3.63) is 92.4 Å². The number of hydrogen-bond donors (Lipinski definition) is 1. The molecule has 2 heterocycles. The Morgan fingerprint density at radius 1 is 1.03 bits per heavy atom. The van der Waals surface area contributed by atoms with E-state index in [1.165, 1.54) is 15.9 Å². The van der Waals surface area contributed by atoms with Gasteiger partial charge in [-0.15, -0.1) is 11.3 Å². The van der Waals surface area contributed by atoms with Crippen molar-refractivity contribution >= 4 is 33.1 Å². The molecule has 0 atom stereocenters. The van der Waals surface area contributed by atoms with Gasteiger partial charge in [0.05, 0.1) is 11.2 Å². The Kier molecular flexibility index (Phi) is 5.14. The summed E-state index contributed by atoms with van der Waals surface area (Å²) in [7, 11) is 0. The number of hydrogen-bond acceptors (Lipinski definition) is 4. The van der Waals surface area contributed by atoms with Crippen LogP contribution < -0.4 is 16.6 Å². The number of carbonyl (C=O) groups is 1. The number of thiophene rings is 1. The van der Waals surface area contributed by atoms with Gasteiger partial charge in [-0.2, -0.15) is 0 Å². The Morgan fingerprint density at radius 3 is 2.59 bits per heavy atom. The Labute approximate surface area is 170 Å². The SMILES string of the molecule is CCc1cccc(NC(=O)Cn2c(=O)n(-c3ccccc3)c(=O)c3sccc32)c1. The second kappa shape index (κ2) is 7.89. The largest absolute Gasteiger partial charge is 0.336 e. The second-order valence-electron chi connectivity index (χ2n) is 6.58. The summed E-state index contributed by atoms with van der Waals surface area (Å²) in [5.41, 5.74) is 1.82. The fourth-order valence-corrected chi connectivity index (χ4v) is 4.08. The first-order valence-electron chi connectivity index (χ1n) is 9.25. The van der Waals surface area contributed by atoms with E-state index in [1.54, 1.807) is 35.7 Å². The van der Waals surface area contributed by atoms with Crippen molar-refractivity contribution in [2.24, 2.45) is 0 Å². The lowest BCUT2D eigenvalue weighted by molar-refractivity contribution is -0.116. The quantitative estimate of drug-likeness (QED) is 0.553. The number of aromatic nitrogens is 2. The molecule has 0 aliphatic heterocycles. The van der Waals surface area contributed by atoms with E-state index < -0.39 is 5.69 Å². The highest BCUT2D eigenvalue weighted by Crippen LogP contribution is 2.17. The molecule has 2 aromatic heterocycles. The maximum atomic E-state index is 13.1. The van der Waals surface area contributed by atoms with Crippen LogP contribution in [-0.2, 0) is 17.8 Å². The lowest BCUT2D eigenvalue weighted by Crippen LogP contribution is -2.40. The zero-order valence-electron chi connectivity index (χ0n) is 15.8. The van der Waals surface area contributed by atoms with Crippen LogP contribution in [0.1, 0.15) is 12.5 Å². The van der Waals surface area contributed by atoms with Gasteiger partial charge in [-0.1, -0.05) is 37.3 Å². The summed E-state index contributed by atoms with van der Waals surface area (Å²) < 4.78 is 2.90. The van der Waals surface area contributed by atoms with Gasteiger partial charge >= 0.3 is 5.69 Å². The van der Waals surface area contributed by atoms with Crippen LogP contribution >= 0.6 is 11.3 Å². The molecule has 0 unspecified atom stereocenters. The van der Waals surface area contributed by atoms with Gasteiger partial charge in [0.1, 0.15) is 11.2 Å². The molecule has 6 nitrogen and oxygen atoms in total. The minimum Gasteiger partial charge on any atom is -0.325 e. The fourth-order valence-electron chi connectivity index (χ4n) is 3.26. The first-order chi connectivity index (χ1) is 14.1. The van der Waals surface area contributed by atoms with E-state index in [9.17, 15) is 14.4 Å². The van der Waals surface area contributed by atoms with E-state index in [2.05, 4.69) is 5.32 Å². The number of fused-ring (bicyclic) bond motifs is 1. The molecule has 2 aromatic carbocycles. The van der Waals surface area contributed by atoms with Crippen molar-refractivity contribution < 1.29 is 4.79 Å². The predicted octanol–water partition coefficient (Wildman–Crippen LogP) is 3.42. The molecular weight excluding hydrogens is 386 g/mol. The Balaban J connectivity index is 1.75. The molecule has 4 aromatic rings. The molecule has 0 fully saturated rings. The first-order valence-corrected chi connectivity index (χ1v) is 10.1. The lowest BCUT2D eigenvalue weighted by Gasteiger charge is -2.12. The average molecular weight is 405 g/mol. The second-order valence-corrected chi connectivity index (χ2v) is 7.50. The number of rotatable bonds is 5. The van der Waals surface area contributed by atoms with Crippen LogP contribution in [0.4, 0.5) is 5.69 Å². The third kappa shape index (κ3) is 3.64. The van der Waals surface area contributed by atoms with Crippen molar-refractivity contribution in [1.82, 2.24) is 9.13 Å². The van der Waals surface area contributed by atoms with E-state index in [-0.39, 0.29) is 18.0 Å². The molecule has 0 spiro atoms. The summed E-state index contributed by atoms with van der Waals surface area (Å²) in [5.74, 6) is -0.328. The van der Waals surface area contributed by atoms with E-state index in [0.29, 0.717) is 21.6 Å². The van der Waals surface area contributed by atoms with Crippen molar-refractivity contribution in [2.45, 2.75) is 19.9 Å². The van der Waals surface area contributed by atoms with Gasteiger partial charge in [0.2, 0.25) is 5.91 Å². The van der Waals surface area contributed by atoms with Crippen LogP contribution in [-0.4, -0.2) is 15.0 Å². The van der Waals surface area contributed by atoms with Gasteiger partial charge in [0.15, 0.2) is 0 Å². The van der Waals surface area contributed by atoms with Crippen LogP contribution in [0.2, 0.25) is 0 Å². The summed E-state index contributed by atoms with van der Waals surface area (Å²) >= 11 is 1.26. The highest BCUT2D eigenvalue weighted by molar-refractivity contribution is 7.17. The third-order valence-corrected chi connectivity index (χ3v) is 5.58. The maximum absolute atomic E-state index is 13.1. The average Bonchev–Trinajstić information content (AvgIpc) is 3.22. The molecule has 0 aliphatic carbocycles. The van der Waals surface area contributed by atoms with Gasteiger partial charge in [-0.05, 0) is 47.7 Å². The van der Waals surface area contributed by atoms with Crippen molar-refractivity contribution in [2.75, 3.05) is 5.32 Å². The van der Waals surface area contributed by atoms with Crippen LogP contribution in [0, 0.1) is 0 Å². The number of aryl methyl sites for hydroxylation is 1. The molecule has 0 radical (unpaired) electrons. The molecule has 4 rings (SSSR count). The standard InChI is InChI=1S/C22H19N3O3S/c1-2-15-7-6-8-16(13-15)23-19(26)14-24-18-11-12-29-20(18)21(27)25(22(24)28)17-9-4-3-5-10-17/h3-13H,2,14H2,1H3,(H,23,26). The fraction of sp³-hybridized carbons (Fsp3) is 0.136. The van der Waals surface area contributed by atoms with Crippen molar-refractivity contribution in [1.29, 1.82) is 0 Å². The van der Waals surface area contributed by atoms with E-state index in [0.717, 1.165) is 16.6 Å². The zero-order chi connectivity index (χ0) is 20.4. The van der Waals surface area contributed by atoms with E-state index in [1.807, 2.05) is 37.3 Å². The molecular formula is C22H19N3O3S. The number of para-hydroxylation sites is 1. The molecule has 146 valence electrons. The summed E-state index contributed by atoms with van der Waals surface area (Å²) in [5, 5.41) is 4.59. The molecule has 0 saturated heterocycles.